The molecule has 2 aliphatic rings. The van der Waals surface area contributed by atoms with Crippen molar-refractivity contribution < 1.29 is 14.4 Å². The maximum atomic E-state index is 12.7. The number of nitrogens with zero attached hydrogens (tertiary/aromatic N) is 3. The van der Waals surface area contributed by atoms with E-state index in [1.807, 2.05) is 0 Å². The highest BCUT2D eigenvalue weighted by Gasteiger charge is 2.38. The zero-order valence-electron chi connectivity index (χ0n) is 14.8. The Bertz CT molecular complexity index is 1180. The van der Waals surface area contributed by atoms with Gasteiger partial charge in [-0.25, -0.2) is 14.7 Å². The third-order valence-corrected chi connectivity index (χ3v) is 6.32. The maximum Gasteiger partial charge on any atom is 0.325 e. The van der Waals surface area contributed by atoms with E-state index in [0.29, 0.717) is 39.2 Å². The lowest BCUT2D eigenvalue weighted by Crippen LogP contribution is -2.31. The molecular formula is C19H13N5O3S2. The van der Waals surface area contributed by atoms with Crippen LogP contribution in [0.3, 0.4) is 0 Å². The number of rotatable bonds is 2. The number of thioether (sulfide) groups is 1. The van der Waals surface area contributed by atoms with Crippen LogP contribution in [0.5, 0.6) is 0 Å². The zero-order chi connectivity index (χ0) is 20.0. The Morgan fingerprint density at radius 3 is 2.48 bits per heavy atom. The van der Waals surface area contributed by atoms with Gasteiger partial charge in [0.25, 0.3) is 11.8 Å². The van der Waals surface area contributed by atoms with E-state index in [9.17, 15) is 14.4 Å². The van der Waals surface area contributed by atoms with Crippen LogP contribution in [0.15, 0.2) is 47.5 Å². The summed E-state index contributed by atoms with van der Waals surface area (Å²) in [4.78, 5) is 47.1. The van der Waals surface area contributed by atoms with Crippen molar-refractivity contribution >= 4 is 67.1 Å². The van der Waals surface area contributed by atoms with Gasteiger partial charge in [-0.2, -0.15) is 0 Å². The van der Waals surface area contributed by atoms with E-state index in [2.05, 4.69) is 20.6 Å². The van der Waals surface area contributed by atoms with Gasteiger partial charge in [0.1, 0.15) is 0 Å². The van der Waals surface area contributed by atoms with E-state index in [-0.39, 0.29) is 17.8 Å². The summed E-state index contributed by atoms with van der Waals surface area (Å²) in [6.07, 6.45) is 0. The molecule has 2 N–H and O–H groups in total. The first kappa shape index (κ1) is 17.8. The minimum Gasteiger partial charge on any atom is -0.308 e. The van der Waals surface area contributed by atoms with E-state index in [4.69, 9.17) is 0 Å². The normalized spacial score (nSPS) is 15.6. The van der Waals surface area contributed by atoms with Crippen LogP contribution in [0.25, 0.3) is 10.2 Å². The molecule has 4 amide bonds. The molecule has 0 radical (unpaired) electrons. The van der Waals surface area contributed by atoms with Crippen LogP contribution in [-0.4, -0.2) is 40.3 Å². The van der Waals surface area contributed by atoms with Crippen molar-refractivity contribution in [2.24, 2.45) is 4.99 Å². The quantitative estimate of drug-likeness (QED) is 0.616. The second kappa shape index (κ2) is 6.98. The Balaban J connectivity index is 1.39. The first-order valence-electron chi connectivity index (χ1n) is 8.74. The molecule has 144 valence electrons. The summed E-state index contributed by atoms with van der Waals surface area (Å²) in [6, 6.07) is 11.6. The number of thiazole rings is 1. The number of amidine groups is 1. The number of aromatic nitrogens is 1. The van der Waals surface area contributed by atoms with Crippen LogP contribution < -0.4 is 15.5 Å². The minimum absolute atomic E-state index is 0.310. The van der Waals surface area contributed by atoms with Crippen molar-refractivity contribution in [2.45, 2.75) is 0 Å². The Labute approximate surface area is 173 Å². The molecule has 8 nitrogen and oxygen atoms in total. The molecule has 1 aromatic heterocycles. The summed E-state index contributed by atoms with van der Waals surface area (Å²) in [5.74, 6) is 0.109. The fourth-order valence-corrected chi connectivity index (χ4v) is 4.84. The van der Waals surface area contributed by atoms with Crippen molar-refractivity contribution in [3.63, 3.8) is 0 Å². The highest BCUT2D eigenvalue weighted by Crippen LogP contribution is 2.35. The Kier molecular flexibility index (Phi) is 4.29. The van der Waals surface area contributed by atoms with E-state index in [1.165, 1.54) is 23.1 Å². The molecule has 0 unspecified atom stereocenters. The summed E-state index contributed by atoms with van der Waals surface area (Å²) in [7, 11) is 0. The van der Waals surface area contributed by atoms with Crippen molar-refractivity contribution in [3.05, 3.63) is 53.6 Å². The largest absolute Gasteiger partial charge is 0.325 e. The monoisotopic (exact) mass is 423 g/mol. The molecule has 0 fully saturated rings. The Morgan fingerprint density at radius 1 is 1.03 bits per heavy atom. The number of fused-ring (bicyclic) bond motifs is 2. The van der Waals surface area contributed by atoms with Gasteiger partial charge in [0.05, 0.1) is 27.9 Å². The molecule has 0 spiro atoms. The molecule has 0 atom stereocenters. The summed E-state index contributed by atoms with van der Waals surface area (Å²) < 4.78 is 0.752. The first-order valence-corrected chi connectivity index (χ1v) is 10.5. The number of benzene rings is 2. The number of aliphatic imine (C=N–C) groups is 1. The van der Waals surface area contributed by atoms with Gasteiger partial charge in [-0.3, -0.25) is 19.9 Å². The number of hydrogen-bond donors (Lipinski definition) is 2. The van der Waals surface area contributed by atoms with E-state index < -0.39 is 0 Å². The molecular weight excluding hydrogens is 410 g/mol. The maximum absolute atomic E-state index is 12.7. The lowest BCUT2D eigenvalue weighted by Gasteiger charge is -2.08. The van der Waals surface area contributed by atoms with Crippen molar-refractivity contribution in [1.29, 1.82) is 0 Å². The molecule has 0 saturated heterocycles. The molecule has 0 bridgehead atoms. The van der Waals surface area contributed by atoms with Gasteiger partial charge in [0.15, 0.2) is 5.17 Å². The predicted octanol–water partition coefficient (Wildman–Crippen LogP) is 3.32. The lowest BCUT2D eigenvalue weighted by molar-refractivity contribution is 0.0926. The number of carbonyl (C=O) groups is 3. The number of amides is 4. The van der Waals surface area contributed by atoms with Gasteiger partial charge < -0.3 is 5.32 Å². The van der Waals surface area contributed by atoms with Crippen LogP contribution in [0.1, 0.15) is 20.7 Å². The third kappa shape index (κ3) is 3.15. The zero-order valence-corrected chi connectivity index (χ0v) is 16.5. The highest BCUT2D eigenvalue weighted by atomic mass is 32.2. The van der Waals surface area contributed by atoms with E-state index in [1.54, 1.807) is 42.5 Å². The highest BCUT2D eigenvalue weighted by molar-refractivity contribution is 8.14. The van der Waals surface area contributed by atoms with E-state index >= 15 is 0 Å². The number of urea groups is 1. The molecule has 0 aliphatic carbocycles. The number of carbonyl (C=O) groups excluding carboxylic acids is 3. The van der Waals surface area contributed by atoms with Crippen molar-refractivity contribution in [1.82, 2.24) is 10.3 Å². The van der Waals surface area contributed by atoms with Gasteiger partial charge in [-0.15, -0.1) is 0 Å². The van der Waals surface area contributed by atoms with Gasteiger partial charge in [-0.1, -0.05) is 35.2 Å². The Hall–Kier alpha value is -3.24. The standard InChI is InChI=1S/C19H13N5O3S2/c25-15-11-3-1-2-4-12(11)16(26)24(15)19-22-13-6-5-10(9-14(13)29-19)21-17(27)23-18-20-7-8-28-18/h1-6,9H,7-8H2,(H2,20,21,23,27). The molecule has 3 heterocycles. The second-order valence-electron chi connectivity index (χ2n) is 6.28. The van der Waals surface area contributed by atoms with Crippen LogP contribution >= 0.6 is 23.1 Å². The second-order valence-corrected chi connectivity index (χ2v) is 8.38. The predicted molar refractivity (Wildman–Crippen MR) is 114 cm³/mol. The van der Waals surface area contributed by atoms with Gasteiger partial charge >= 0.3 is 6.03 Å². The lowest BCUT2D eigenvalue weighted by atomic mass is 10.1. The van der Waals surface area contributed by atoms with Crippen LogP contribution in [0.4, 0.5) is 15.6 Å². The first-order chi connectivity index (χ1) is 14.1. The summed E-state index contributed by atoms with van der Waals surface area (Å²) >= 11 is 2.72. The molecule has 10 heteroatoms. The average Bonchev–Trinajstić information content (AvgIpc) is 3.41. The molecule has 5 rings (SSSR count). The summed E-state index contributed by atoms with van der Waals surface area (Å²) in [6.45, 7) is 0.702. The van der Waals surface area contributed by atoms with Gasteiger partial charge in [0, 0.05) is 11.4 Å². The molecule has 3 aromatic rings. The average molecular weight is 423 g/mol. The van der Waals surface area contributed by atoms with Gasteiger partial charge in [-0.05, 0) is 30.3 Å². The fourth-order valence-electron chi connectivity index (χ4n) is 3.12. The van der Waals surface area contributed by atoms with Gasteiger partial charge in [0.2, 0.25) is 5.13 Å². The van der Waals surface area contributed by atoms with Crippen molar-refractivity contribution in [2.75, 3.05) is 22.5 Å². The van der Waals surface area contributed by atoms with Crippen molar-refractivity contribution in [3.8, 4) is 0 Å². The molecule has 2 aliphatic heterocycles. The number of anilines is 2. The van der Waals surface area contributed by atoms with Crippen LogP contribution in [-0.2, 0) is 0 Å². The molecule has 2 aromatic carbocycles. The topological polar surface area (TPSA) is 104 Å². The summed E-state index contributed by atoms with van der Waals surface area (Å²) in [5, 5.41) is 6.37. The number of imide groups is 1. The van der Waals surface area contributed by atoms with Crippen LogP contribution in [0.2, 0.25) is 0 Å². The summed E-state index contributed by atoms with van der Waals surface area (Å²) in [5.41, 5.74) is 1.98. The number of hydrogen-bond acceptors (Lipinski definition) is 7. The minimum atomic E-state index is -0.378. The number of nitrogens with one attached hydrogen (secondary N) is 2. The fraction of sp³-hybridized carbons (Fsp3) is 0.105. The van der Waals surface area contributed by atoms with Crippen LogP contribution in [0, 0.1) is 0 Å². The molecule has 29 heavy (non-hydrogen) atoms. The molecule has 0 saturated carbocycles. The SMILES string of the molecule is O=C(NC1=NCCS1)Nc1ccc2nc(N3C(=O)c4ccccc4C3=O)sc2c1. The van der Waals surface area contributed by atoms with E-state index in [0.717, 1.165) is 15.4 Å². The smallest absolute Gasteiger partial charge is 0.308 e. The Morgan fingerprint density at radius 2 is 1.79 bits per heavy atom. The third-order valence-electron chi connectivity index (χ3n) is 4.43.